The first-order valence-electron chi connectivity index (χ1n) is 8.48. The molecule has 0 bridgehead atoms. The molecule has 4 rings (SSSR count). The van der Waals surface area contributed by atoms with Crippen molar-refractivity contribution >= 4 is 5.91 Å². The maximum Gasteiger partial charge on any atom is 0.220 e. The van der Waals surface area contributed by atoms with E-state index in [0.717, 1.165) is 17.7 Å². The molecule has 0 radical (unpaired) electrons. The third-order valence-electron chi connectivity index (χ3n) is 4.18. The van der Waals surface area contributed by atoms with Gasteiger partial charge in [0.2, 0.25) is 5.91 Å². The van der Waals surface area contributed by atoms with Crippen LogP contribution in [0, 0.1) is 11.6 Å². The van der Waals surface area contributed by atoms with Crippen molar-refractivity contribution in [3.8, 4) is 22.8 Å². The van der Waals surface area contributed by atoms with Crippen LogP contribution < -0.4 is 20.6 Å². The zero-order valence-electron chi connectivity index (χ0n) is 14.5. The first-order valence-corrected chi connectivity index (χ1v) is 8.48. The van der Waals surface area contributed by atoms with Crippen LogP contribution in [0.4, 0.5) is 8.78 Å². The number of rotatable bonds is 6. The van der Waals surface area contributed by atoms with Crippen LogP contribution in [0.25, 0.3) is 11.3 Å². The minimum absolute atomic E-state index is 0.111. The summed E-state index contributed by atoms with van der Waals surface area (Å²) in [6.07, 6.45) is 0.783. The fourth-order valence-corrected chi connectivity index (χ4v) is 2.74. The molecule has 0 saturated carbocycles. The molecular formula is C19H15F2N3O4. The second-order valence-electron chi connectivity index (χ2n) is 6.15. The number of aromatic nitrogens is 1. The van der Waals surface area contributed by atoms with Gasteiger partial charge in [-0.2, -0.15) is 0 Å². The lowest BCUT2D eigenvalue weighted by Gasteiger charge is -2.04. The Bertz CT molecular complexity index is 1020. The molecule has 0 spiro atoms. The number of benzene rings is 2. The quantitative estimate of drug-likeness (QED) is 0.676. The Balaban J connectivity index is 1.30. The van der Waals surface area contributed by atoms with Gasteiger partial charge in [-0.15, -0.1) is 0 Å². The molecule has 9 heteroatoms. The molecule has 28 heavy (non-hydrogen) atoms. The molecule has 7 nitrogen and oxygen atoms in total. The number of hydrogen-bond acceptors (Lipinski definition) is 6. The number of halogens is 2. The number of nitrogens with zero attached hydrogens (tertiary/aromatic N) is 1. The zero-order valence-corrected chi connectivity index (χ0v) is 14.5. The van der Waals surface area contributed by atoms with E-state index in [1.165, 1.54) is 12.1 Å². The van der Waals surface area contributed by atoms with E-state index in [1.54, 1.807) is 12.1 Å². The van der Waals surface area contributed by atoms with Crippen molar-refractivity contribution in [2.45, 2.75) is 19.4 Å². The van der Waals surface area contributed by atoms with E-state index in [0.29, 0.717) is 23.7 Å². The van der Waals surface area contributed by atoms with Crippen molar-refractivity contribution in [1.82, 2.24) is 16.1 Å². The van der Waals surface area contributed by atoms with Gasteiger partial charge in [-0.1, -0.05) is 11.2 Å². The standard InChI is InChI=1S/C19H15F2N3O4/c20-12-3-4-14(15(21)8-12)16-9-13(26-23-16)10-22-19(25)6-2-11-1-5-17-18(7-11)28-24-27-17/h1,3-5,7-9,24H,2,6,10H2,(H,22,25). The van der Waals surface area contributed by atoms with Crippen LogP contribution in [0.3, 0.4) is 0 Å². The number of hydrogen-bond donors (Lipinski definition) is 2. The normalized spacial score (nSPS) is 12.2. The van der Waals surface area contributed by atoms with Crippen molar-refractivity contribution in [1.29, 1.82) is 0 Å². The lowest BCUT2D eigenvalue weighted by atomic mass is 10.1. The van der Waals surface area contributed by atoms with Crippen molar-refractivity contribution < 1.29 is 27.8 Å². The van der Waals surface area contributed by atoms with E-state index in [9.17, 15) is 13.6 Å². The lowest BCUT2D eigenvalue weighted by molar-refractivity contribution is -0.121. The molecule has 0 unspecified atom stereocenters. The molecule has 2 heterocycles. The van der Waals surface area contributed by atoms with E-state index in [4.69, 9.17) is 14.2 Å². The highest BCUT2D eigenvalue weighted by atomic mass is 19.1. The van der Waals surface area contributed by atoms with Crippen LogP contribution in [-0.2, 0) is 17.8 Å². The minimum atomic E-state index is -0.734. The van der Waals surface area contributed by atoms with Crippen molar-refractivity contribution in [3.05, 3.63) is 65.4 Å². The zero-order chi connectivity index (χ0) is 19.5. The number of fused-ring (bicyclic) bond motifs is 1. The molecule has 144 valence electrons. The van der Waals surface area contributed by atoms with Crippen molar-refractivity contribution in [3.63, 3.8) is 0 Å². The van der Waals surface area contributed by atoms with Crippen LogP contribution in [0.5, 0.6) is 11.5 Å². The van der Waals surface area contributed by atoms with Gasteiger partial charge in [0.05, 0.1) is 6.54 Å². The molecule has 1 amide bonds. The van der Waals surface area contributed by atoms with E-state index in [1.807, 2.05) is 6.07 Å². The number of amides is 1. The average Bonchev–Trinajstić information content (AvgIpc) is 3.33. The predicted molar refractivity (Wildman–Crippen MR) is 92.9 cm³/mol. The first kappa shape index (κ1) is 17.9. The summed E-state index contributed by atoms with van der Waals surface area (Å²) in [6.45, 7) is 0.111. The van der Waals surface area contributed by atoms with Crippen LogP contribution in [0.1, 0.15) is 17.7 Å². The van der Waals surface area contributed by atoms with Gasteiger partial charge in [0, 0.05) is 29.8 Å². The number of aryl methyl sites for hydroxylation is 1. The number of carbonyl (C=O) groups is 1. The molecule has 2 N–H and O–H groups in total. The Morgan fingerprint density at radius 3 is 2.79 bits per heavy atom. The Labute approximate surface area is 158 Å². The molecule has 2 aromatic carbocycles. The Morgan fingerprint density at radius 2 is 1.93 bits per heavy atom. The topological polar surface area (TPSA) is 85.6 Å². The predicted octanol–water partition coefficient (Wildman–Crippen LogP) is 3.06. The maximum atomic E-state index is 13.8. The maximum absolute atomic E-state index is 13.8. The molecule has 0 atom stereocenters. The van der Waals surface area contributed by atoms with E-state index < -0.39 is 11.6 Å². The molecule has 3 aromatic rings. The smallest absolute Gasteiger partial charge is 0.220 e. The Kier molecular flexibility index (Phi) is 4.90. The van der Waals surface area contributed by atoms with Gasteiger partial charge in [0.1, 0.15) is 17.3 Å². The minimum Gasteiger partial charge on any atom is -0.370 e. The summed E-state index contributed by atoms with van der Waals surface area (Å²) in [6, 6.07) is 10.1. The third kappa shape index (κ3) is 3.94. The Hall–Kier alpha value is -3.46. The molecule has 0 fully saturated rings. The summed E-state index contributed by atoms with van der Waals surface area (Å²) in [5.41, 5.74) is 3.58. The fraction of sp³-hybridized carbons (Fsp3) is 0.158. The van der Waals surface area contributed by atoms with Crippen molar-refractivity contribution in [2.75, 3.05) is 0 Å². The number of carbonyl (C=O) groups excluding carboxylic acids is 1. The second kappa shape index (κ2) is 7.65. The monoisotopic (exact) mass is 387 g/mol. The third-order valence-corrected chi connectivity index (χ3v) is 4.18. The Morgan fingerprint density at radius 1 is 1.07 bits per heavy atom. The summed E-state index contributed by atoms with van der Waals surface area (Å²) < 4.78 is 31.9. The van der Waals surface area contributed by atoms with Crippen LogP contribution in [0.15, 0.2) is 47.0 Å². The van der Waals surface area contributed by atoms with Gasteiger partial charge in [-0.3, -0.25) is 4.79 Å². The van der Waals surface area contributed by atoms with E-state index in [2.05, 4.69) is 16.1 Å². The van der Waals surface area contributed by atoms with Gasteiger partial charge in [-0.05, 0) is 36.2 Å². The van der Waals surface area contributed by atoms with Gasteiger partial charge >= 0.3 is 0 Å². The highest BCUT2D eigenvalue weighted by Crippen LogP contribution is 2.31. The van der Waals surface area contributed by atoms with Crippen LogP contribution >= 0.6 is 0 Å². The first-order chi connectivity index (χ1) is 13.6. The fourth-order valence-electron chi connectivity index (χ4n) is 2.74. The molecule has 0 saturated heterocycles. The molecule has 1 aliphatic heterocycles. The summed E-state index contributed by atoms with van der Waals surface area (Å²) in [4.78, 5) is 22.1. The van der Waals surface area contributed by atoms with Gasteiger partial charge in [-0.25, -0.2) is 8.78 Å². The summed E-state index contributed by atoms with van der Waals surface area (Å²) in [5, 5.41) is 6.48. The highest BCUT2D eigenvalue weighted by Gasteiger charge is 2.15. The largest absolute Gasteiger partial charge is 0.370 e. The molecule has 1 aromatic heterocycles. The second-order valence-corrected chi connectivity index (χ2v) is 6.15. The van der Waals surface area contributed by atoms with Gasteiger partial charge in [0.25, 0.3) is 0 Å². The van der Waals surface area contributed by atoms with E-state index in [-0.39, 0.29) is 30.1 Å². The highest BCUT2D eigenvalue weighted by molar-refractivity contribution is 5.76. The van der Waals surface area contributed by atoms with Crippen molar-refractivity contribution in [2.24, 2.45) is 0 Å². The van der Waals surface area contributed by atoms with Crippen LogP contribution in [-0.4, -0.2) is 11.1 Å². The lowest BCUT2D eigenvalue weighted by Crippen LogP contribution is -2.22. The molecular weight excluding hydrogens is 372 g/mol. The molecule has 1 aliphatic rings. The van der Waals surface area contributed by atoms with Gasteiger partial charge in [0.15, 0.2) is 17.3 Å². The molecule has 0 aliphatic carbocycles. The average molecular weight is 387 g/mol. The summed E-state index contributed by atoms with van der Waals surface area (Å²) in [7, 11) is 0. The summed E-state index contributed by atoms with van der Waals surface area (Å²) >= 11 is 0. The van der Waals surface area contributed by atoms with Crippen LogP contribution in [0.2, 0.25) is 0 Å². The summed E-state index contributed by atoms with van der Waals surface area (Å²) in [5.74, 6) is -0.0614. The van der Waals surface area contributed by atoms with E-state index >= 15 is 0 Å². The number of nitrogens with one attached hydrogen (secondary N) is 2. The SMILES string of the molecule is O=C(CCc1ccc2c(c1)ONO2)NCc1cc(-c2ccc(F)cc2F)no1. The van der Waals surface area contributed by atoms with Gasteiger partial charge < -0.3 is 19.5 Å².